The van der Waals surface area contributed by atoms with E-state index >= 15 is 0 Å². The van der Waals surface area contributed by atoms with Crippen LogP contribution in [0.3, 0.4) is 0 Å². The molecule has 0 saturated carbocycles. The molecule has 5 heterocycles. The summed E-state index contributed by atoms with van der Waals surface area (Å²) >= 11 is 8.08. The Morgan fingerprint density at radius 3 is 2.96 bits per heavy atom. The second-order valence-corrected chi connectivity index (χ2v) is 13.9. The van der Waals surface area contributed by atoms with Gasteiger partial charge in [-0.3, -0.25) is 9.69 Å². The molecular formula is C34H30ClF2N7O3S. The lowest BCUT2D eigenvalue weighted by Gasteiger charge is -2.31. The van der Waals surface area contributed by atoms with Crippen LogP contribution in [0.2, 0.25) is 5.02 Å². The topological polar surface area (TPSA) is 122 Å². The zero-order chi connectivity index (χ0) is 33.9. The number of alkyl halides is 1. The highest BCUT2D eigenvalue weighted by molar-refractivity contribution is 7.23. The van der Waals surface area contributed by atoms with E-state index in [0.717, 1.165) is 30.7 Å². The average molecular weight is 690 g/mol. The molecule has 0 aliphatic carbocycles. The van der Waals surface area contributed by atoms with Crippen LogP contribution in [0.4, 0.5) is 19.5 Å². The number of benzene rings is 2. The average Bonchev–Trinajstić information content (AvgIpc) is 3.81. The van der Waals surface area contributed by atoms with Crippen LogP contribution in [0.15, 0.2) is 30.9 Å². The number of fused-ring (bicyclic) bond motifs is 3. The molecule has 4 aromatic rings. The van der Waals surface area contributed by atoms with E-state index in [9.17, 15) is 18.8 Å². The lowest BCUT2D eigenvalue weighted by molar-refractivity contribution is -0.127. The van der Waals surface area contributed by atoms with Gasteiger partial charge in [-0.1, -0.05) is 24.2 Å². The lowest BCUT2D eigenvalue weighted by Crippen LogP contribution is -2.43. The number of nitrogens with two attached hydrogens (primary N) is 1. The number of nitrogen functional groups attached to an aromatic ring is 1. The Labute approximate surface area is 284 Å². The highest BCUT2D eigenvalue weighted by Gasteiger charge is 2.49. The smallest absolute Gasteiger partial charge is 0.320 e. The SMILES string of the molecule is [C-]#[N+]c1c(N)sc2c(F)ccc(-c3c(C#N)cc4c(O[C@@H]5CCN(C(=O)C=C)[C@@H]5C)nc(OC[C@@]56CCCN5C[C@H](F)C6)nc4c3Cl)c12. The number of nitrogens with zero attached hydrogens (tertiary/aromatic N) is 6. The summed E-state index contributed by atoms with van der Waals surface area (Å²) < 4.78 is 42.3. The molecule has 1 amide bonds. The Bertz CT molecular complexity index is 2100. The molecule has 246 valence electrons. The van der Waals surface area contributed by atoms with Gasteiger partial charge in [-0.05, 0) is 50.1 Å². The third-order valence-electron chi connectivity index (χ3n) is 9.80. The molecule has 0 radical (unpaired) electrons. The fourth-order valence-electron chi connectivity index (χ4n) is 7.47. The van der Waals surface area contributed by atoms with Crippen molar-refractivity contribution in [3.05, 3.63) is 58.7 Å². The van der Waals surface area contributed by atoms with Crippen molar-refractivity contribution in [2.24, 2.45) is 0 Å². The molecule has 4 atom stereocenters. The van der Waals surface area contributed by atoms with Gasteiger partial charge in [-0.15, -0.1) is 11.3 Å². The molecule has 0 bridgehead atoms. The summed E-state index contributed by atoms with van der Waals surface area (Å²) in [5.41, 5.74) is 6.61. The van der Waals surface area contributed by atoms with Crippen molar-refractivity contribution in [1.82, 2.24) is 19.8 Å². The monoisotopic (exact) mass is 689 g/mol. The van der Waals surface area contributed by atoms with Gasteiger partial charge in [-0.2, -0.15) is 15.2 Å². The van der Waals surface area contributed by atoms with Crippen LogP contribution in [0.1, 0.15) is 38.2 Å². The van der Waals surface area contributed by atoms with Crippen molar-refractivity contribution in [3.63, 3.8) is 0 Å². The highest BCUT2D eigenvalue weighted by atomic mass is 35.5. The number of carbonyl (C=O) groups excluding carboxylic acids is 1. The third kappa shape index (κ3) is 5.09. The van der Waals surface area contributed by atoms with E-state index in [4.69, 9.17) is 33.4 Å². The van der Waals surface area contributed by atoms with Crippen LogP contribution in [0.5, 0.6) is 11.9 Å². The number of rotatable bonds is 7. The minimum absolute atomic E-state index is 0.0445. The molecule has 14 heteroatoms. The molecule has 0 spiro atoms. The summed E-state index contributed by atoms with van der Waals surface area (Å²) in [5, 5.41) is 11.1. The predicted molar refractivity (Wildman–Crippen MR) is 180 cm³/mol. The highest BCUT2D eigenvalue weighted by Crippen LogP contribution is 2.50. The number of likely N-dealkylation sites (tertiary alicyclic amines) is 1. The summed E-state index contributed by atoms with van der Waals surface area (Å²) in [7, 11) is 0. The number of nitriles is 1. The largest absolute Gasteiger partial charge is 0.471 e. The van der Waals surface area contributed by atoms with Crippen molar-refractivity contribution in [2.45, 2.75) is 56.5 Å². The first-order valence-electron chi connectivity index (χ1n) is 15.5. The number of halogens is 3. The maximum Gasteiger partial charge on any atom is 0.320 e. The van der Waals surface area contributed by atoms with Crippen molar-refractivity contribution >= 4 is 60.5 Å². The van der Waals surface area contributed by atoms with Gasteiger partial charge in [0.2, 0.25) is 17.5 Å². The van der Waals surface area contributed by atoms with E-state index in [-0.39, 0.29) is 72.9 Å². The van der Waals surface area contributed by atoms with Crippen LogP contribution in [0, 0.1) is 23.7 Å². The Balaban J connectivity index is 1.38. The fourth-order valence-corrected chi connectivity index (χ4v) is 8.75. The zero-order valence-corrected chi connectivity index (χ0v) is 27.5. The molecule has 48 heavy (non-hydrogen) atoms. The van der Waals surface area contributed by atoms with Gasteiger partial charge in [-0.25, -0.2) is 13.6 Å². The number of ether oxygens (including phenoxy) is 2. The van der Waals surface area contributed by atoms with Gasteiger partial charge in [0.25, 0.3) is 0 Å². The number of amides is 1. The lowest BCUT2D eigenvalue weighted by atomic mass is 9.94. The maximum atomic E-state index is 15.0. The molecule has 2 N–H and O–H groups in total. The molecule has 3 fully saturated rings. The van der Waals surface area contributed by atoms with E-state index in [1.807, 2.05) is 6.92 Å². The molecule has 3 aliphatic heterocycles. The summed E-state index contributed by atoms with van der Waals surface area (Å²) in [6, 6.07) is 6.08. The molecule has 7 rings (SSSR count). The molecule has 10 nitrogen and oxygen atoms in total. The Morgan fingerprint density at radius 2 is 2.21 bits per heavy atom. The minimum atomic E-state index is -0.948. The van der Waals surface area contributed by atoms with E-state index in [1.54, 1.807) is 11.0 Å². The van der Waals surface area contributed by atoms with Crippen molar-refractivity contribution in [2.75, 3.05) is 32.0 Å². The summed E-state index contributed by atoms with van der Waals surface area (Å²) in [6.07, 6.45) is 2.43. The second kappa shape index (κ2) is 12.2. The van der Waals surface area contributed by atoms with Gasteiger partial charge in [0.05, 0.1) is 49.9 Å². The van der Waals surface area contributed by atoms with Gasteiger partial charge in [0.1, 0.15) is 30.2 Å². The van der Waals surface area contributed by atoms with E-state index in [1.165, 1.54) is 18.2 Å². The van der Waals surface area contributed by atoms with Gasteiger partial charge < -0.3 is 20.1 Å². The maximum absolute atomic E-state index is 15.0. The molecule has 3 aliphatic rings. The quantitative estimate of drug-likeness (QED) is 0.166. The van der Waals surface area contributed by atoms with Crippen LogP contribution in [-0.2, 0) is 4.79 Å². The number of thiophene rings is 1. The zero-order valence-electron chi connectivity index (χ0n) is 25.9. The first kappa shape index (κ1) is 32.0. The minimum Gasteiger partial charge on any atom is -0.471 e. The number of aromatic nitrogens is 2. The van der Waals surface area contributed by atoms with Gasteiger partial charge >= 0.3 is 6.01 Å². The van der Waals surface area contributed by atoms with Gasteiger partial charge in [0, 0.05) is 36.9 Å². The summed E-state index contributed by atoms with van der Waals surface area (Å²) in [5.74, 6) is -0.667. The summed E-state index contributed by atoms with van der Waals surface area (Å²) in [6.45, 7) is 14.9. The van der Waals surface area contributed by atoms with E-state index < -0.39 is 23.6 Å². The molecule has 2 aromatic carbocycles. The summed E-state index contributed by atoms with van der Waals surface area (Å²) in [4.78, 5) is 29.1. The second-order valence-electron chi connectivity index (χ2n) is 12.4. The standard InChI is InChI=1S/C34H30ClF2N7O3S/c1-4-24(45)44-11-8-23(17(44)2)47-32-21-12-18(14-38)25(20-6-7-22(37)30-26(20)29(40-3)31(39)48-30)27(35)28(21)41-33(42-32)46-16-34-9-5-10-43(34)15-19(36)13-34/h4,6-7,12,17,19,23H,1,5,8-11,13,15-16,39H2,2H3/t17-,19-,23-,34+/m1/s1. The Kier molecular flexibility index (Phi) is 8.10. The Morgan fingerprint density at radius 1 is 1.40 bits per heavy atom. The van der Waals surface area contributed by atoms with Crippen LogP contribution >= 0.6 is 22.9 Å². The predicted octanol–water partition coefficient (Wildman–Crippen LogP) is 6.82. The number of anilines is 1. The molecule has 3 saturated heterocycles. The Hall–Kier alpha value is -4.56. The number of carbonyl (C=O) groups is 1. The first-order chi connectivity index (χ1) is 23.1. The molecular weight excluding hydrogens is 660 g/mol. The molecule has 2 aromatic heterocycles. The van der Waals surface area contributed by atoms with Crippen LogP contribution in [0.25, 0.3) is 37.0 Å². The van der Waals surface area contributed by atoms with Crippen molar-refractivity contribution < 1.29 is 23.0 Å². The third-order valence-corrected chi connectivity index (χ3v) is 11.2. The van der Waals surface area contributed by atoms with E-state index in [2.05, 4.69) is 32.4 Å². The fraction of sp³-hybridized carbons (Fsp3) is 0.382. The normalized spacial score (nSPS) is 23.7. The number of hydrogen-bond donors (Lipinski definition) is 1. The van der Waals surface area contributed by atoms with Crippen molar-refractivity contribution in [1.29, 1.82) is 5.26 Å². The van der Waals surface area contributed by atoms with Crippen LogP contribution < -0.4 is 15.2 Å². The van der Waals surface area contributed by atoms with Gasteiger partial charge in [0.15, 0.2) is 0 Å². The molecule has 0 unspecified atom stereocenters. The first-order valence-corrected chi connectivity index (χ1v) is 16.7. The number of hydrogen-bond acceptors (Lipinski definition) is 9. The van der Waals surface area contributed by atoms with E-state index in [0.29, 0.717) is 36.9 Å². The van der Waals surface area contributed by atoms with Crippen LogP contribution in [-0.4, -0.2) is 75.8 Å². The van der Waals surface area contributed by atoms with Crippen molar-refractivity contribution in [3.8, 4) is 29.1 Å².